The lowest BCUT2D eigenvalue weighted by Gasteiger charge is -2.37. The molecule has 2 heterocycles. The number of hydrogen-bond donors (Lipinski definition) is 2. The molecule has 4 nitrogen and oxygen atoms in total. The number of carbonyl (C=O) groups is 1. The second-order valence-electron chi connectivity index (χ2n) is 7.08. The number of carbonyl (C=O) groups excluding carboxylic acids is 1. The maximum absolute atomic E-state index is 12.5. The van der Waals surface area contributed by atoms with Gasteiger partial charge in [0.2, 0.25) is 0 Å². The summed E-state index contributed by atoms with van der Waals surface area (Å²) in [7, 11) is 0. The molecule has 0 unspecified atom stereocenters. The second kappa shape index (κ2) is 8.11. The van der Waals surface area contributed by atoms with Crippen LogP contribution < -0.4 is 10.6 Å². The first kappa shape index (κ1) is 18.0. The van der Waals surface area contributed by atoms with E-state index in [1.54, 1.807) is 11.3 Å². The molecule has 140 valence electrons. The van der Waals surface area contributed by atoms with Crippen LogP contribution in [0.5, 0.6) is 0 Å². The highest BCUT2D eigenvalue weighted by molar-refractivity contribution is 7.08. The topological polar surface area (TPSA) is 50.4 Å². The number of urea groups is 1. The summed E-state index contributed by atoms with van der Waals surface area (Å²) in [6.45, 7) is 2.64. The Morgan fingerprint density at radius 1 is 1.04 bits per heavy atom. The lowest BCUT2D eigenvalue weighted by molar-refractivity contribution is 0.0508. The number of benzene rings is 2. The summed E-state index contributed by atoms with van der Waals surface area (Å²) < 4.78 is 5.55. The molecule has 0 bridgehead atoms. The number of ether oxygens (including phenoxy) is 1. The maximum Gasteiger partial charge on any atom is 0.315 e. The Labute approximate surface area is 163 Å². The van der Waals surface area contributed by atoms with Crippen LogP contribution in [0.4, 0.5) is 4.79 Å². The van der Waals surface area contributed by atoms with E-state index in [1.807, 2.05) is 18.2 Å². The predicted molar refractivity (Wildman–Crippen MR) is 110 cm³/mol. The van der Waals surface area contributed by atoms with Gasteiger partial charge in [0.25, 0.3) is 0 Å². The Morgan fingerprint density at radius 3 is 2.67 bits per heavy atom. The number of thiophene rings is 1. The molecule has 3 aromatic rings. The third kappa shape index (κ3) is 3.99. The van der Waals surface area contributed by atoms with Crippen molar-refractivity contribution in [3.05, 3.63) is 70.4 Å². The Bertz CT molecular complexity index is 896. The van der Waals surface area contributed by atoms with Gasteiger partial charge in [0.05, 0.1) is 0 Å². The lowest BCUT2D eigenvalue weighted by atomic mass is 9.75. The van der Waals surface area contributed by atoms with Gasteiger partial charge in [0.1, 0.15) is 0 Å². The monoisotopic (exact) mass is 380 g/mol. The first-order valence-electron chi connectivity index (χ1n) is 9.36. The number of amides is 2. The molecule has 2 aromatic carbocycles. The molecule has 27 heavy (non-hydrogen) atoms. The van der Waals surface area contributed by atoms with Gasteiger partial charge < -0.3 is 15.4 Å². The van der Waals surface area contributed by atoms with Crippen LogP contribution >= 0.6 is 11.3 Å². The number of rotatable bonds is 5. The summed E-state index contributed by atoms with van der Waals surface area (Å²) in [5, 5.41) is 12.8. The van der Waals surface area contributed by atoms with E-state index in [0.717, 1.165) is 31.6 Å². The number of nitrogens with one attached hydrogen (secondary N) is 2. The standard InChI is InChI=1S/C22H24N2O2S/c25-21(23-14-18-6-3-5-17-4-1-2-7-20(17)18)24-16-22(9-11-26-12-10-22)19-8-13-27-15-19/h1-8,13,15H,9-12,14,16H2,(H2,23,24,25). The molecule has 1 fully saturated rings. The highest BCUT2D eigenvalue weighted by atomic mass is 32.1. The fourth-order valence-corrected chi connectivity index (χ4v) is 4.61. The third-order valence-electron chi connectivity index (χ3n) is 5.49. The quantitative estimate of drug-likeness (QED) is 0.687. The summed E-state index contributed by atoms with van der Waals surface area (Å²) in [4.78, 5) is 12.5. The highest BCUT2D eigenvalue weighted by Crippen LogP contribution is 2.35. The largest absolute Gasteiger partial charge is 0.381 e. The van der Waals surface area contributed by atoms with Crippen molar-refractivity contribution < 1.29 is 9.53 Å². The Balaban J connectivity index is 1.39. The van der Waals surface area contributed by atoms with E-state index in [0.29, 0.717) is 13.1 Å². The van der Waals surface area contributed by atoms with Gasteiger partial charge in [-0.3, -0.25) is 0 Å². The van der Waals surface area contributed by atoms with Crippen LogP contribution in [0.15, 0.2) is 59.3 Å². The summed E-state index contributed by atoms with van der Waals surface area (Å²) >= 11 is 1.71. The van der Waals surface area contributed by atoms with Gasteiger partial charge in [0, 0.05) is 31.7 Å². The van der Waals surface area contributed by atoms with E-state index in [4.69, 9.17) is 4.74 Å². The van der Waals surface area contributed by atoms with Crippen LogP contribution in [0.3, 0.4) is 0 Å². The molecule has 1 aliphatic rings. The van der Waals surface area contributed by atoms with E-state index in [-0.39, 0.29) is 11.4 Å². The molecule has 1 aromatic heterocycles. The van der Waals surface area contributed by atoms with Crippen molar-refractivity contribution in [2.75, 3.05) is 19.8 Å². The van der Waals surface area contributed by atoms with E-state index in [1.165, 1.54) is 16.3 Å². The molecule has 0 atom stereocenters. The van der Waals surface area contributed by atoms with E-state index < -0.39 is 0 Å². The van der Waals surface area contributed by atoms with Crippen LogP contribution in [0.1, 0.15) is 24.0 Å². The molecular formula is C22H24N2O2S. The zero-order chi connectivity index (χ0) is 18.5. The van der Waals surface area contributed by atoms with E-state index in [2.05, 4.69) is 51.7 Å². The molecule has 0 spiro atoms. The van der Waals surface area contributed by atoms with Gasteiger partial charge in [0.15, 0.2) is 0 Å². The number of hydrogen-bond acceptors (Lipinski definition) is 3. The fourth-order valence-electron chi connectivity index (χ4n) is 3.83. The van der Waals surface area contributed by atoms with Crippen molar-refractivity contribution in [3.8, 4) is 0 Å². The van der Waals surface area contributed by atoms with Crippen molar-refractivity contribution in [1.82, 2.24) is 10.6 Å². The molecule has 4 rings (SSSR count). The molecule has 0 radical (unpaired) electrons. The van der Waals surface area contributed by atoms with Gasteiger partial charge in [-0.15, -0.1) is 0 Å². The first-order chi connectivity index (χ1) is 13.3. The summed E-state index contributed by atoms with van der Waals surface area (Å²) in [6, 6.07) is 16.5. The van der Waals surface area contributed by atoms with Gasteiger partial charge in [-0.2, -0.15) is 11.3 Å². The van der Waals surface area contributed by atoms with E-state index in [9.17, 15) is 4.79 Å². The Morgan fingerprint density at radius 2 is 1.85 bits per heavy atom. The second-order valence-corrected chi connectivity index (χ2v) is 7.86. The summed E-state index contributed by atoms with van der Waals surface area (Å²) in [6.07, 6.45) is 1.88. The molecule has 1 saturated heterocycles. The summed E-state index contributed by atoms with van der Waals surface area (Å²) in [5.74, 6) is 0. The van der Waals surface area contributed by atoms with E-state index >= 15 is 0 Å². The van der Waals surface area contributed by atoms with Crippen molar-refractivity contribution >= 4 is 28.1 Å². The van der Waals surface area contributed by atoms with Crippen LogP contribution in [0.25, 0.3) is 10.8 Å². The molecule has 0 saturated carbocycles. The Hall–Kier alpha value is -2.37. The minimum Gasteiger partial charge on any atom is -0.381 e. The fraction of sp³-hybridized carbons (Fsp3) is 0.318. The molecule has 2 amide bonds. The molecule has 0 aliphatic carbocycles. The average Bonchev–Trinajstić information content (AvgIpc) is 3.27. The van der Waals surface area contributed by atoms with Gasteiger partial charge in [-0.1, -0.05) is 42.5 Å². The molecule has 1 aliphatic heterocycles. The van der Waals surface area contributed by atoms with Crippen molar-refractivity contribution in [1.29, 1.82) is 0 Å². The normalized spacial score (nSPS) is 16.1. The van der Waals surface area contributed by atoms with Crippen molar-refractivity contribution in [2.45, 2.75) is 24.8 Å². The van der Waals surface area contributed by atoms with Gasteiger partial charge in [-0.05, 0) is 51.6 Å². The Kier molecular flexibility index (Phi) is 5.41. The van der Waals surface area contributed by atoms with Crippen LogP contribution in [-0.2, 0) is 16.7 Å². The van der Waals surface area contributed by atoms with Crippen LogP contribution in [0, 0.1) is 0 Å². The zero-order valence-corrected chi connectivity index (χ0v) is 16.1. The van der Waals surface area contributed by atoms with Gasteiger partial charge >= 0.3 is 6.03 Å². The first-order valence-corrected chi connectivity index (χ1v) is 10.3. The molecule has 2 N–H and O–H groups in total. The number of fused-ring (bicyclic) bond motifs is 1. The molecular weight excluding hydrogens is 356 g/mol. The SMILES string of the molecule is O=C(NCc1cccc2ccccc12)NCC1(c2ccsc2)CCOCC1. The van der Waals surface area contributed by atoms with Crippen molar-refractivity contribution in [2.24, 2.45) is 0 Å². The van der Waals surface area contributed by atoms with Gasteiger partial charge in [-0.25, -0.2) is 4.79 Å². The molecule has 5 heteroatoms. The maximum atomic E-state index is 12.5. The minimum atomic E-state index is -0.121. The zero-order valence-electron chi connectivity index (χ0n) is 15.2. The minimum absolute atomic E-state index is 0.0188. The third-order valence-corrected chi connectivity index (χ3v) is 6.17. The van der Waals surface area contributed by atoms with Crippen molar-refractivity contribution in [3.63, 3.8) is 0 Å². The average molecular weight is 381 g/mol. The highest BCUT2D eigenvalue weighted by Gasteiger charge is 2.35. The predicted octanol–water partition coefficient (Wildman–Crippen LogP) is 4.45. The lowest BCUT2D eigenvalue weighted by Crippen LogP contribution is -2.47. The smallest absolute Gasteiger partial charge is 0.315 e. The van der Waals surface area contributed by atoms with Crippen LogP contribution in [-0.4, -0.2) is 25.8 Å². The van der Waals surface area contributed by atoms with Crippen LogP contribution in [0.2, 0.25) is 0 Å². The summed E-state index contributed by atoms with van der Waals surface area (Å²) in [5.41, 5.74) is 2.42.